The Labute approximate surface area is 168 Å². The molecule has 1 aromatic heterocycles. The summed E-state index contributed by atoms with van der Waals surface area (Å²) in [5.41, 5.74) is 3.39. The van der Waals surface area contributed by atoms with Gasteiger partial charge >= 0.3 is 6.03 Å². The van der Waals surface area contributed by atoms with E-state index in [0.29, 0.717) is 13.1 Å². The zero-order valence-corrected chi connectivity index (χ0v) is 17.6. The molecule has 142 valence electrons. The first-order valence-corrected chi connectivity index (χ1v) is 10.1. The molecule has 0 atom stereocenters. The van der Waals surface area contributed by atoms with Crippen LogP contribution in [0.15, 0.2) is 53.1 Å². The maximum atomic E-state index is 12.9. The lowest BCUT2D eigenvalue weighted by molar-refractivity contribution is 0.206. The number of methoxy groups -OCH3 is 1. The Kier molecular flexibility index (Phi) is 6.22. The van der Waals surface area contributed by atoms with E-state index in [1.807, 2.05) is 49.2 Å². The van der Waals surface area contributed by atoms with E-state index in [2.05, 4.69) is 34.1 Å². The fourth-order valence-corrected chi connectivity index (χ4v) is 3.71. The summed E-state index contributed by atoms with van der Waals surface area (Å²) in [5.74, 6) is 0.865. The van der Waals surface area contributed by atoms with Crippen molar-refractivity contribution in [3.63, 3.8) is 0 Å². The molecule has 0 spiro atoms. The van der Waals surface area contributed by atoms with Crippen LogP contribution in [0.2, 0.25) is 0 Å². The van der Waals surface area contributed by atoms with Crippen molar-refractivity contribution in [2.45, 2.75) is 26.7 Å². The Balaban J connectivity index is 1.92. The molecule has 0 aliphatic rings. The quantitative estimate of drug-likeness (QED) is 0.518. The number of aromatic nitrogens is 1. The Morgan fingerprint density at radius 3 is 2.41 bits per heavy atom. The number of nitrogens with zero attached hydrogens (tertiary/aromatic N) is 2. The second kappa shape index (κ2) is 8.61. The zero-order valence-electron chi connectivity index (χ0n) is 16.0. The van der Waals surface area contributed by atoms with Crippen molar-refractivity contribution in [3.05, 3.63) is 64.3 Å². The van der Waals surface area contributed by atoms with Crippen molar-refractivity contribution in [1.82, 2.24) is 9.47 Å². The highest BCUT2D eigenvalue weighted by molar-refractivity contribution is 9.10. The average Bonchev–Trinajstić information content (AvgIpc) is 3.05. The van der Waals surface area contributed by atoms with E-state index in [4.69, 9.17) is 4.74 Å². The van der Waals surface area contributed by atoms with Gasteiger partial charge in [-0.1, -0.05) is 28.1 Å². The highest BCUT2D eigenvalue weighted by Crippen LogP contribution is 2.27. The summed E-state index contributed by atoms with van der Waals surface area (Å²) in [7, 11) is 1.68. The van der Waals surface area contributed by atoms with Crippen LogP contribution in [0.1, 0.15) is 25.0 Å². The molecule has 4 nitrogen and oxygen atoms in total. The molecular formula is C22H25BrN2O2. The van der Waals surface area contributed by atoms with Gasteiger partial charge in [0.15, 0.2) is 0 Å². The van der Waals surface area contributed by atoms with Gasteiger partial charge in [0.05, 0.1) is 12.6 Å². The van der Waals surface area contributed by atoms with Crippen LogP contribution in [0.4, 0.5) is 4.79 Å². The second-order valence-corrected chi connectivity index (χ2v) is 7.40. The lowest BCUT2D eigenvalue weighted by atomic mass is 10.0. The fourth-order valence-electron chi connectivity index (χ4n) is 3.35. The van der Waals surface area contributed by atoms with E-state index in [9.17, 15) is 4.79 Å². The van der Waals surface area contributed by atoms with E-state index in [-0.39, 0.29) is 6.03 Å². The molecular weight excluding hydrogens is 404 g/mol. The van der Waals surface area contributed by atoms with Crippen LogP contribution in [0, 0.1) is 0 Å². The number of carbonyl (C=O) groups is 1. The van der Waals surface area contributed by atoms with Crippen molar-refractivity contribution >= 4 is 32.9 Å². The molecule has 1 heterocycles. The molecule has 0 N–H and O–H groups in total. The van der Waals surface area contributed by atoms with Crippen LogP contribution in [0.25, 0.3) is 10.9 Å². The number of fused-ring (bicyclic) bond motifs is 1. The summed E-state index contributed by atoms with van der Waals surface area (Å²) < 4.78 is 8.04. The van der Waals surface area contributed by atoms with Crippen LogP contribution in [0.3, 0.4) is 0 Å². The standard InChI is InChI=1S/C22H25BrN2O2/c1-4-24(5-2)22(26)25-15-17(20-14-18(23)10-13-21(20)25)9-6-16-7-11-19(27-3)12-8-16/h7-8,10-15H,4-6,9H2,1-3H3. The van der Waals surface area contributed by atoms with Gasteiger partial charge in [0, 0.05) is 29.1 Å². The predicted molar refractivity (Wildman–Crippen MR) is 114 cm³/mol. The van der Waals surface area contributed by atoms with Crippen LogP contribution < -0.4 is 4.74 Å². The molecule has 1 amide bonds. The summed E-state index contributed by atoms with van der Waals surface area (Å²) in [4.78, 5) is 14.8. The second-order valence-electron chi connectivity index (χ2n) is 6.49. The first kappa shape index (κ1) is 19.5. The average molecular weight is 429 g/mol. The summed E-state index contributed by atoms with van der Waals surface area (Å²) in [6.07, 6.45) is 3.79. The third-order valence-corrected chi connectivity index (χ3v) is 5.42. The molecule has 0 fully saturated rings. The molecule has 0 bridgehead atoms. The number of hydrogen-bond acceptors (Lipinski definition) is 2. The number of rotatable bonds is 6. The van der Waals surface area contributed by atoms with E-state index in [0.717, 1.165) is 34.0 Å². The van der Waals surface area contributed by atoms with Gasteiger partial charge in [-0.15, -0.1) is 0 Å². The van der Waals surface area contributed by atoms with Gasteiger partial charge in [-0.2, -0.15) is 0 Å². The number of aryl methyl sites for hydroxylation is 2. The monoisotopic (exact) mass is 428 g/mol. The van der Waals surface area contributed by atoms with E-state index in [1.54, 1.807) is 11.7 Å². The number of hydrogen-bond donors (Lipinski definition) is 0. The maximum absolute atomic E-state index is 12.9. The number of amides is 1. The Hall–Kier alpha value is -2.27. The summed E-state index contributed by atoms with van der Waals surface area (Å²) in [6.45, 7) is 5.42. The Morgan fingerprint density at radius 2 is 1.78 bits per heavy atom. The number of halogens is 1. The van der Waals surface area contributed by atoms with Crippen LogP contribution in [-0.2, 0) is 12.8 Å². The van der Waals surface area contributed by atoms with Gasteiger partial charge in [0.1, 0.15) is 5.75 Å². The molecule has 27 heavy (non-hydrogen) atoms. The lowest BCUT2D eigenvalue weighted by Gasteiger charge is -2.19. The summed E-state index contributed by atoms with van der Waals surface area (Å²) in [5, 5.41) is 1.12. The van der Waals surface area contributed by atoms with Crippen molar-refractivity contribution < 1.29 is 9.53 Å². The number of ether oxygens (including phenoxy) is 1. The van der Waals surface area contributed by atoms with Crippen molar-refractivity contribution in [1.29, 1.82) is 0 Å². The lowest BCUT2D eigenvalue weighted by Crippen LogP contribution is -2.33. The maximum Gasteiger partial charge on any atom is 0.328 e. The minimum absolute atomic E-state index is 0.0306. The predicted octanol–water partition coefficient (Wildman–Crippen LogP) is 5.51. The first-order chi connectivity index (χ1) is 13.1. The normalized spacial score (nSPS) is 11.0. The van der Waals surface area contributed by atoms with Crippen LogP contribution >= 0.6 is 15.9 Å². The third-order valence-electron chi connectivity index (χ3n) is 4.93. The molecule has 0 radical (unpaired) electrons. The van der Waals surface area contributed by atoms with Crippen molar-refractivity contribution in [2.24, 2.45) is 0 Å². The SMILES string of the molecule is CCN(CC)C(=O)n1cc(CCc2ccc(OC)cc2)c2cc(Br)ccc21. The van der Waals surface area contributed by atoms with Crippen molar-refractivity contribution in [2.75, 3.05) is 20.2 Å². The molecule has 3 aromatic rings. The molecule has 0 aliphatic heterocycles. The molecule has 0 saturated heterocycles. The van der Waals surface area contributed by atoms with Gasteiger partial charge < -0.3 is 9.64 Å². The van der Waals surface area contributed by atoms with Crippen LogP contribution in [-0.4, -0.2) is 35.7 Å². The topological polar surface area (TPSA) is 34.5 Å². The minimum atomic E-state index is 0.0306. The van der Waals surface area contributed by atoms with Gasteiger partial charge in [0.25, 0.3) is 0 Å². The van der Waals surface area contributed by atoms with Crippen molar-refractivity contribution in [3.8, 4) is 5.75 Å². The van der Waals surface area contributed by atoms with Gasteiger partial charge in [-0.3, -0.25) is 4.57 Å². The number of carbonyl (C=O) groups excluding carboxylic acids is 1. The van der Waals surface area contributed by atoms with Gasteiger partial charge in [0.2, 0.25) is 0 Å². The molecule has 3 rings (SSSR count). The van der Waals surface area contributed by atoms with Crippen LogP contribution in [0.5, 0.6) is 5.75 Å². The largest absolute Gasteiger partial charge is 0.497 e. The van der Waals surface area contributed by atoms with E-state index in [1.165, 1.54) is 11.1 Å². The molecule has 0 saturated carbocycles. The zero-order chi connectivity index (χ0) is 19.4. The molecule has 5 heteroatoms. The summed E-state index contributed by atoms with van der Waals surface area (Å²) >= 11 is 3.56. The fraction of sp³-hybridized carbons (Fsp3) is 0.318. The highest BCUT2D eigenvalue weighted by Gasteiger charge is 2.17. The third kappa shape index (κ3) is 4.19. The molecule has 0 unspecified atom stereocenters. The van der Waals surface area contributed by atoms with E-state index < -0.39 is 0 Å². The number of benzene rings is 2. The van der Waals surface area contributed by atoms with E-state index >= 15 is 0 Å². The molecule has 0 aliphatic carbocycles. The highest BCUT2D eigenvalue weighted by atomic mass is 79.9. The summed E-state index contributed by atoms with van der Waals surface area (Å²) in [6, 6.07) is 14.3. The minimum Gasteiger partial charge on any atom is -0.497 e. The first-order valence-electron chi connectivity index (χ1n) is 9.29. The smallest absolute Gasteiger partial charge is 0.328 e. The Morgan fingerprint density at radius 1 is 1.07 bits per heavy atom. The molecule has 2 aromatic carbocycles. The van der Waals surface area contributed by atoms with Gasteiger partial charge in [-0.25, -0.2) is 4.79 Å². The Bertz CT molecular complexity index is 927. The van der Waals surface area contributed by atoms with Gasteiger partial charge in [-0.05, 0) is 68.1 Å².